The molecule has 1 aliphatic carbocycles. The Labute approximate surface area is 117 Å². The first kappa shape index (κ1) is 13.3. The summed E-state index contributed by atoms with van der Waals surface area (Å²) >= 11 is 10.3. The minimum absolute atomic E-state index is 0.103. The Hall–Kier alpha value is -1.18. The molecule has 1 aliphatic rings. The van der Waals surface area contributed by atoms with E-state index in [1.807, 2.05) is 0 Å². The van der Waals surface area contributed by atoms with Crippen LogP contribution in [0.1, 0.15) is 29.6 Å². The highest BCUT2D eigenvalue weighted by molar-refractivity contribution is 7.80. The van der Waals surface area contributed by atoms with Gasteiger partial charge in [-0.05, 0) is 31.0 Å². The molecule has 1 aromatic carbocycles. The van der Waals surface area contributed by atoms with Crippen LogP contribution in [0.5, 0.6) is 0 Å². The van der Waals surface area contributed by atoms with Crippen LogP contribution >= 0.6 is 24.2 Å². The highest BCUT2D eigenvalue weighted by Crippen LogP contribution is 2.30. The van der Waals surface area contributed by atoms with Gasteiger partial charge >= 0.3 is 0 Å². The van der Waals surface area contributed by atoms with Gasteiger partial charge in [0.1, 0.15) is 0 Å². The average molecular weight is 281 g/mol. The van der Waals surface area contributed by atoms with Gasteiger partial charge in [0.25, 0.3) is 5.91 Å². The number of benzene rings is 1. The third kappa shape index (κ3) is 2.98. The van der Waals surface area contributed by atoms with Gasteiger partial charge in [0.05, 0.1) is 23.1 Å². The fourth-order valence-corrected chi connectivity index (χ4v) is 2.24. The minimum atomic E-state index is -0.103. The lowest BCUT2D eigenvalue weighted by molar-refractivity contribution is 0.0747. The molecule has 0 heterocycles. The molecule has 0 N–H and O–H groups in total. The molecular formula is C13H13ClN2OS. The maximum absolute atomic E-state index is 12.4. The molecule has 0 radical (unpaired) electrons. The van der Waals surface area contributed by atoms with E-state index in [-0.39, 0.29) is 11.9 Å². The van der Waals surface area contributed by atoms with E-state index >= 15 is 0 Å². The molecular weight excluding hydrogens is 268 g/mol. The van der Waals surface area contributed by atoms with E-state index in [0.29, 0.717) is 28.4 Å². The largest absolute Gasteiger partial charge is 0.335 e. The molecule has 5 heteroatoms. The van der Waals surface area contributed by atoms with Crippen molar-refractivity contribution in [3.8, 4) is 6.07 Å². The number of thiol groups is 1. The van der Waals surface area contributed by atoms with Gasteiger partial charge in [-0.15, -0.1) is 12.6 Å². The molecule has 0 spiro atoms. The van der Waals surface area contributed by atoms with E-state index in [1.54, 1.807) is 23.1 Å². The number of nitrogens with zero attached hydrogens (tertiary/aromatic N) is 2. The Kier molecular flexibility index (Phi) is 4.15. The summed E-state index contributed by atoms with van der Waals surface area (Å²) in [5.41, 5.74) is 0.467. The van der Waals surface area contributed by atoms with E-state index in [0.717, 1.165) is 12.8 Å². The summed E-state index contributed by atoms with van der Waals surface area (Å²) in [6, 6.07) is 7.44. The summed E-state index contributed by atoms with van der Waals surface area (Å²) in [5, 5.41) is 9.07. The number of rotatable bonds is 4. The Morgan fingerprint density at radius 2 is 2.28 bits per heavy atom. The molecule has 3 nitrogen and oxygen atoms in total. The van der Waals surface area contributed by atoms with E-state index in [1.165, 1.54) is 0 Å². The van der Waals surface area contributed by atoms with Gasteiger partial charge in [0.15, 0.2) is 0 Å². The van der Waals surface area contributed by atoms with Gasteiger partial charge in [-0.25, -0.2) is 0 Å². The highest BCUT2D eigenvalue weighted by Gasteiger charge is 2.33. The zero-order valence-electron chi connectivity index (χ0n) is 9.77. The number of amides is 1. The normalized spacial score (nSPS) is 14.1. The number of halogens is 1. The van der Waals surface area contributed by atoms with Gasteiger partial charge in [0, 0.05) is 17.5 Å². The summed E-state index contributed by atoms with van der Waals surface area (Å²) in [7, 11) is 0. The Bertz CT molecular complexity index is 508. The van der Waals surface area contributed by atoms with Crippen LogP contribution in [0.15, 0.2) is 23.1 Å². The second kappa shape index (κ2) is 5.64. The number of carbonyl (C=O) groups is 1. The van der Waals surface area contributed by atoms with Crippen molar-refractivity contribution in [1.82, 2.24) is 4.90 Å². The number of carbonyl (C=O) groups excluding carboxylic acids is 1. The van der Waals surface area contributed by atoms with E-state index < -0.39 is 0 Å². The van der Waals surface area contributed by atoms with Gasteiger partial charge in [-0.1, -0.05) is 11.6 Å². The maximum Gasteiger partial charge on any atom is 0.255 e. The first-order valence-corrected chi connectivity index (χ1v) is 6.62. The zero-order chi connectivity index (χ0) is 13.1. The van der Waals surface area contributed by atoms with Gasteiger partial charge in [-0.2, -0.15) is 5.26 Å². The monoisotopic (exact) mass is 280 g/mol. The lowest BCUT2D eigenvalue weighted by Gasteiger charge is -2.21. The van der Waals surface area contributed by atoms with Crippen molar-refractivity contribution in [2.45, 2.75) is 30.2 Å². The lowest BCUT2D eigenvalue weighted by atomic mass is 10.2. The third-order valence-corrected chi connectivity index (χ3v) is 3.50. The van der Waals surface area contributed by atoms with Crippen LogP contribution in [0.4, 0.5) is 0 Å². The minimum Gasteiger partial charge on any atom is -0.335 e. The van der Waals surface area contributed by atoms with E-state index in [2.05, 4.69) is 18.7 Å². The van der Waals surface area contributed by atoms with Crippen LogP contribution < -0.4 is 0 Å². The zero-order valence-corrected chi connectivity index (χ0v) is 11.4. The van der Waals surface area contributed by atoms with Crippen molar-refractivity contribution in [2.75, 3.05) is 6.54 Å². The molecule has 0 saturated heterocycles. The molecule has 1 aromatic rings. The van der Waals surface area contributed by atoms with Crippen LogP contribution in [0, 0.1) is 11.3 Å². The molecule has 0 aromatic heterocycles. The molecule has 0 bridgehead atoms. The Morgan fingerprint density at radius 3 is 2.89 bits per heavy atom. The first-order valence-electron chi connectivity index (χ1n) is 5.80. The first-order chi connectivity index (χ1) is 8.63. The Balaban J connectivity index is 2.22. The van der Waals surface area contributed by atoms with Crippen molar-refractivity contribution >= 4 is 30.1 Å². The van der Waals surface area contributed by atoms with Gasteiger partial charge < -0.3 is 4.90 Å². The summed E-state index contributed by atoms with van der Waals surface area (Å²) in [6.07, 6.45) is 2.37. The molecule has 1 saturated carbocycles. The predicted molar refractivity (Wildman–Crippen MR) is 73.0 cm³/mol. The molecule has 0 atom stereocenters. The van der Waals surface area contributed by atoms with Crippen LogP contribution in [0.2, 0.25) is 5.02 Å². The Morgan fingerprint density at radius 1 is 1.56 bits per heavy atom. The molecule has 1 amide bonds. The molecule has 1 fully saturated rings. The second-order valence-electron chi connectivity index (χ2n) is 4.30. The summed E-state index contributed by atoms with van der Waals surface area (Å²) < 4.78 is 0. The van der Waals surface area contributed by atoms with Crippen molar-refractivity contribution in [3.63, 3.8) is 0 Å². The summed E-state index contributed by atoms with van der Waals surface area (Å²) in [4.78, 5) is 14.9. The second-order valence-corrected chi connectivity index (χ2v) is 5.23. The van der Waals surface area contributed by atoms with Crippen molar-refractivity contribution in [3.05, 3.63) is 28.8 Å². The number of hydrogen-bond acceptors (Lipinski definition) is 3. The summed E-state index contributed by atoms with van der Waals surface area (Å²) in [6.45, 7) is 0.465. The third-order valence-electron chi connectivity index (χ3n) is 2.89. The van der Waals surface area contributed by atoms with Gasteiger partial charge in [-0.3, -0.25) is 4.79 Å². The van der Waals surface area contributed by atoms with Crippen LogP contribution in [0.3, 0.4) is 0 Å². The quantitative estimate of drug-likeness (QED) is 0.861. The average Bonchev–Trinajstić information content (AvgIpc) is 3.17. The SMILES string of the molecule is N#CCCN(C(=O)c1cc(S)ccc1Cl)C1CC1. The van der Waals surface area contributed by atoms with Gasteiger partial charge in [0.2, 0.25) is 0 Å². The summed E-state index contributed by atoms with van der Waals surface area (Å²) in [5.74, 6) is -0.103. The van der Waals surface area contributed by atoms with Crippen LogP contribution in [-0.4, -0.2) is 23.4 Å². The number of hydrogen-bond donors (Lipinski definition) is 1. The smallest absolute Gasteiger partial charge is 0.255 e. The molecule has 2 rings (SSSR count). The van der Waals surface area contributed by atoms with Crippen molar-refractivity contribution in [1.29, 1.82) is 5.26 Å². The van der Waals surface area contributed by atoms with Crippen LogP contribution in [-0.2, 0) is 0 Å². The topological polar surface area (TPSA) is 44.1 Å². The molecule has 18 heavy (non-hydrogen) atoms. The standard InChI is InChI=1S/C13H13ClN2OS/c14-12-5-4-10(18)8-11(12)13(17)16(7-1-6-15)9-2-3-9/h4-5,8-9,18H,1-3,7H2. The fourth-order valence-electron chi connectivity index (χ4n) is 1.84. The lowest BCUT2D eigenvalue weighted by Crippen LogP contribution is -2.34. The molecule has 0 aliphatic heterocycles. The highest BCUT2D eigenvalue weighted by atomic mass is 35.5. The molecule has 94 valence electrons. The van der Waals surface area contributed by atoms with Crippen LogP contribution in [0.25, 0.3) is 0 Å². The molecule has 0 unspecified atom stereocenters. The van der Waals surface area contributed by atoms with E-state index in [4.69, 9.17) is 16.9 Å². The van der Waals surface area contributed by atoms with Crippen molar-refractivity contribution < 1.29 is 4.79 Å². The fraction of sp³-hybridized carbons (Fsp3) is 0.385. The number of nitriles is 1. The maximum atomic E-state index is 12.4. The predicted octanol–water partition coefficient (Wildman–Crippen LogP) is 3.15. The van der Waals surface area contributed by atoms with Crippen molar-refractivity contribution in [2.24, 2.45) is 0 Å². The van der Waals surface area contributed by atoms with E-state index in [9.17, 15) is 4.79 Å².